The molecule has 1 unspecified atom stereocenters. The SMILES string of the molecule is NCC(O)CCOc1cccc2c1CCCC2. The van der Waals surface area contributed by atoms with Gasteiger partial charge in [0.2, 0.25) is 0 Å². The van der Waals surface area contributed by atoms with E-state index in [1.807, 2.05) is 6.07 Å². The molecule has 0 bridgehead atoms. The largest absolute Gasteiger partial charge is 0.493 e. The summed E-state index contributed by atoms with van der Waals surface area (Å²) < 4.78 is 5.76. The van der Waals surface area contributed by atoms with E-state index in [9.17, 15) is 5.11 Å². The summed E-state index contributed by atoms with van der Waals surface area (Å²) in [5.41, 5.74) is 8.14. The highest BCUT2D eigenvalue weighted by Crippen LogP contribution is 2.29. The Balaban J connectivity index is 1.96. The summed E-state index contributed by atoms with van der Waals surface area (Å²) in [4.78, 5) is 0. The van der Waals surface area contributed by atoms with E-state index < -0.39 is 6.10 Å². The highest BCUT2D eigenvalue weighted by atomic mass is 16.5. The zero-order valence-corrected chi connectivity index (χ0v) is 10.2. The van der Waals surface area contributed by atoms with E-state index >= 15 is 0 Å². The maximum Gasteiger partial charge on any atom is 0.122 e. The number of hydrogen-bond acceptors (Lipinski definition) is 3. The number of rotatable bonds is 5. The predicted molar refractivity (Wildman–Crippen MR) is 68.3 cm³/mol. The minimum Gasteiger partial charge on any atom is -0.493 e. The molecule has 2 rings (SSSR count). The summed E-state index contributed by atoms with van der Waals surface area (Å²) in [7, 11) is 0. The monoisotopic (exact) mass is 235 g/mol. The summed E-state index contributed by atoms with van der Waals surface area (Å²) in [5, 5.41) is 9.37. The van der Waals surface area contributed by atoms with Gasteiger partial charge in [-0.15, -0.1) is 0 Å². The van der Waals surface area contributed by atoms with Gasteiger partial charge in [0, 0.05) is 13.0 Å². The molecule has 0 fully saturated rings. The molecule has 3 N–H and O–H groups in total. The van der Waals surface area contributed by atoms with Crippen molar-refractivity contribution < 1.29 is 9.84 Å². The molecule has 1 atom stereocenters. The fraction of sp³-hybridized carbons (Fsp3) is 0.571. The predicted octanol–water partition coefficient (Wildman–Crippen LogP) is 1.65. The maximum atomic E-state index is 9.37. The van der Waals surface area contributed by atoms with Gasteiger partial charge in [-0.05, 0) is 42.9 Å². The minimum atomic E-state index is -0.450. The van der Waals surface area contributed by atoms with Gasteiger partial charge in [0.25, 0.3) is 0 Å². The van der Waals surface area contributed by atoms with Crippen LogP contribution in [0.2, 0.25) is 0 Å². The first-order valence-corrected chi connectivity index (χ1v) is 6.43. The molecule has 0 heterocycles. The van der Waals surface area contributed by atoms with E-state index in [0.29, 0.717) is 19.6 Å². The Bertz CT molecular complexity index is 365. The summed E-state index contributed by atoms with van der Waals surface area (Å²) in [6.07, 6.45) is 4.96. The van der Waals surface area contributed by atoms with E-state index in [4.69, 9.17) is 10.5 Å². The third kappa shape index (κ3) is 3.20. The lowest BCUT2D eigenvalue weighted by atomic mass is 9.91. The summed E-state index contributed by atoms with van der Waals surface area (Å²) in [5.74, 6) is 0.992. The molecule has 0 radical (unpaired) electrons. The molecule has 0 spiro atoms. The van der Waals surface area contributed by atoms with Crippen molar-refractivity contribution in [2.45, 2.75) is 38.2 Å². The lowest BCUT2D eigenvalue weighted by Crippen LogP contribution is -2.22. The van der Waals surface area contributed by atoms with Crippen molar-refractivity contribution in [2.75, 3.05) is 13.2 Å². The lowest BCUT2D eigenvalue weighted by molar-refractivity contribution is 0.145. The van der Waals surface area contributed by atoms with E-state index in [0.717, 1.165) is 18.6 Å². The van der Waals surface area contributed by atoms with Crippen LogP contribution in [0.4, 0.5) is 0 Å². The second-order valence-electron chi connectivity index (χ2n) is 4.63. The highest BCUT2D eigenvalue weighted by molar-refractivity contribution is 5.41. The van der Waals surface area contributed by atoms with Crippen LogP contribution in [0.1, 0.15) is 30.4 Å². The van der Waals surface area contributed by atoms with Gasteiger partial charge in [-0.1, -0.05) is 12.1 Å². The summed E-state index contributed by atoms with van der Waals surface area (Å²) in [6.45, 7) is 0.838. The second kappa shape index (κ2) is 6.03. The number of nitrogens with two attached hydrogens (primary N) is 1. The molecule has 17 heavy (non-hydrogen) atoms. The van der Waals surface area contributed by atoms with Crippen molar-refractivity contribution in [2.24, 2.45) is 5.73 Å². The van der Waals surface area contributed by atoms with Gasteiger partial charge in [0.15, 0.2) is 0 Å². The van der Waals surface area contributed by atoms with Crippen LogP contribution < -0.4 is 10.5 Å². The molecule has 0 aromatic heterocycles. The van der Waals surface area contributed by atoms with E-state index in [2.05, 4.69) is 12.1 Å². The van der Waals surface area contributed by atoms with E-state index in [-0.39, 0.29) is 0 Å². The number of aliphatic hydroxyl groups excluding tert-OH is 1. The number of aryl methyl sites for hydroxylation is 1. The van der Waals surface area contributed by atoms with Gasteiger partial charge >= 0.3 is 0 Å². The number of aliphatic hydroxyl groups is 1. The zero-order valence-electron chi connectivity index (χ0n) is 10.2. The molecule has 3 heteroatoms. The van der Waals surface area contributed by atoms with Crippen LogP contribution in [-0.2, 0) is 12.8 Å². The van der Waals surface area contributed by atoms with Gasteiger partial charge < -0.3 is 15.6 Å². The van der Waals surface area contributed by atoms with Crippen molar-refractivity contribution in [1.29, 1.82) is 0 Å². The van der Waals surface area contributed by atoms with Gasteiger partial charge in [0.1, 0.15) is 5.75 Å². The smallest absolute Gasteiger partial charge is 0.122 e. The Morgan fingerprint density at radius 3 is 2.94 bits per heavy atom. The first-order chi connectivity index (χ1) is 8.31. The Morgan fingerprint density at radius 2 is 2.12 bits per heavy atom. The third-order valence-electron chi connectivity index (χ3n) is 3.33. The fourth-order valence-electron chi connectivity index (χ4n) is 2.30. The Labute approximate surface area is 103 Å². The second-order valence-corrected chi connectivity index (χ2v) is 4.63. The first-order valence-electron chi connectivity index (χ1n) is 6.43. The molecule has 0 saturated carbocycles. The Kier molecular flexibility index (Phi) is 4.40. The summed E-state index contributed by atoms with van der Waals surface area (Å²) >= 11 is 0. The Hall–Kier alpha value is -1.06. The van der Waals surface area contributed by atoms with Crippen molar-refractivity contribution in [1.82, 2.24) is 0 Å². The lowest BCUT2D eigenvalue weighted by Gasteiger charge is -2.19. The number of ether oxygens (including phenoxy) is 1. The summed E-state index contributed by atoms with van der Waals surface area (Å²) in [6, 6.07) is 6.27. The quantitative estimate of drug-likeness (QED) is 0.816. The molecule has 0 aliphatic heterocycles. The molecule has 94 valence electrons. The number of fused-ring (bicyclic) bond motifs is 1. The molecule has 1 aromatic rings. The van der Waals surface area contributed by atoms with Gasteiger partial charge in [-0.3, -0.25) is 0 Å². The fourth-order valence-corrected chi connectivity index (χ4v) is 2.30. The number of benzene rings is 1. The average Bonchev–Trinajstić information content (AvgIpc) is 2.39. The Morgan fingerprint density at radius 1 is 1.29 bits per heavy atom. The average molecular weight is 235 g/mol. The van der Waals surface area contributed by atoms with Crippen LogP contribution in [0.25, 0.3) is 0 Å². The third-order valence-corrected chi connectivity index (χ3v) is 3.33. The van der Waals surface area contributed by atoms with Crippen LogP contribution in [0.3, 0.4) is 0 Å². The minimum absolute atomic E-state index is 0.302. The normalized spacial score (nSPS) is 16.4. The molecule has 1 aliphatic carbocycles. The van der Waals surface area contributed by atoms with E-state index in [1.165, 1.54) is 24.0 Å². The maximum absolute atomic E-state index is 9.37. The van der Waals surface area contributed by atoms with Crippen LogP contribution in [0.5, 0.6) is 5.75 Å². The van der Waals surface area contributed by atoms with E-state index in [1.54, 1.807) is 0 Å². The van der Waals surface area contributed by atoms with Gasteiger partial charge in [-0.25, -0.2) is 0 Å². The van der Waals surface area contributed by atoms with Crippen molar-refractivity contribution in [3.05, 3.63) is 29.3 Å². The zero-order chi connectivity index (χ0) is 12.1. The van der Waals surface area contributed by atoms with Crippen LogP contribution in [0.15, 0.2) is 18.2 Å². The highest BCUT2D eigenvalue weighted by Gasteiger charge is 2.13. The number of hydrogen-bond donors (Lipinski definition) is 2. The van der Waals surface area contributed by atoms with Crippen LogP contribution in [0, 0.1) is 0 Å². The van der Waals surface area contributed by atoms with Crippen LogP contribution in [-0.4, -0.2) is 24.4 Å². The van der Waals surface area contributed by atoms with Gasteiger partial charge in [0.05, 0.1) is 12.7 Å². The molecule has 0 saturated heterocycles. The molecule has 3 nitrogen and oxygen atoms in total. The van der Waals surface area contributed by atoms with Gasteiger partial charge in [-0.2, -0.15) is 0 Å². The van der Waals surface area contributed by atoms with Crippen molar-refractivity contribution >= 4 is 0 Å². The standard InChI is InChI=1S/C14H21NO2/c15-10-12(16)8-9-17-14-7-3-5-11-4-1-2-6-13(11)14/h3,5,7,12,16H,1-2,4,6,8-10,15H2. The van der Waals surface area contributed by atoms with Crippen molar-refractivity contribution in [3.63, 3.8) is 0 Å². The first kappa shape index (κ1) is 12.4. The molecular formula is C14H21NO2. The molecule has 0 amide bonds. The van der Waals surface area contributed by atoms with Crippen LogP contribution >= 0.6 is 0 Å². The van der Waals surface area contributed by atoms with Crippen molar-refractivity contribution in [3.8, 4) is 5.75 Å². The molecule has 1 aromatic carbocycles. The molecule has 1 aliphatic rings. The topological polar surface area (TPSA) is 55.5 Å². The molecular weight excluding hydrogens is 214 g/mol.